The minimum Gasteiger partial charge on any atom is -0.495 e. The normalized spacial score (nSPS) is 10.8. The van der Waals surface area contributed by atoms with E-state index in [1.54, 1.807) is 18.2 Å². The van der Waals surface area contributed by atoms with Crippen molar-refractivity contribution in [1.82, 2.24) is 4.90 Å². The Balaban J connectivity index is 2.48. The lowest BCUT2D eigenvalue weighted by Crippen LogP contribution is -2.20. The van der Waals surface area contributed by atoms with E-state index in [0.29, 0.717) is 27.0 Å². The molecule has 0 aliphatic rings. The van der Waals surface area contributed by atoms with Crippen LogP contribution in [0.15, 0.2) is 40.1 Å². The number of ether oxygens (including phenoxy) is 2. The van der Waals surface area contributed by atoms with E-state index in [2.05, 4.69) is 10.2 Å². The minimum atomic E-state index is -0.930. The Kier molecular flexibility index (Phi) is 9.48. The number of likely N-dealkylation sites (N-methyl/N-ethyl adjacent to an activating group) is 1. The average Bonchev–Trinajstić information content (AvgIpc) is 2.69. The molecule has 2 N–H and O–H groups in total. The van der Waals surface area contributed by atoms with Crippen molar-refractivity contribution < 1.29 is 24.2 Å². The number of rotatable bonds is 11. The first-order valence-corrected chi connectivity index (χ1v) is 10.9. The molecule has 0 aliphatic carbocycles. The predicted octanol–water partition coefficient (Wildman–Crippen LogP) is 4.42. The molecule has 2 aromatic carbocycles. The summed E-state index contributed by atoms with van der Waals surface area (Å²) in [5.41, 5.74) is 1.49. The van der Waals surface area contributed by atoms with Gasteiger partial charge in [0.2, 0.25) is 0 Å². The molecular weight excluding hydrogens is 440 g/mol. The van der Waals surface area contributed by atoms with E-state index in [1.807, 2.05) is 26.2 Å². The number of nitrogens with zero attached hydrogens (tertiary/aromatic N) is 1. The Labute approximate surface area is 191 Å². The molecule has 0 unspecified atom stereocenters. The van der Waals surface area contributed by atoms with Crippen LogP contribution in [0.3, 0.4) is 0 Å². The summed E-state index contributed by atoms with van der Waals surface area (Å²) in [7, 11) is 5.53. The molecule has 2 aromatic rings. The van der Waals surface area contributed by atoms with Crippen LogP contribution >= 0.6 is 23.4 Å². The van der Waals surface area contributed by atoms with E-state index < -0.39 is 11.9 Å². The van der Waals surface area contributed by atoms with Crippen molar-refractivity contribution >= 4 is 41.0 Å². The molecule has 0 heterocycles. The number of esters is 1. The van der Waals surface area contributed by atoms with Gasteiger partial charge in [0, 0.05) is 42.0 Å². The monoisotopic (exact) mass is 466 g/mol. The Hall–Kier alpha value is -2.42. The van der Waals surface area contributed by atoms with Gasteiger partial charge in [0.25, 0.3) is 0 Å². The molecule has 0 atom stereocenters. The maximum atomic E-state index is 11.8. The number of halogens is 1. The summed E-state index contributed by atoms with van der Waals surface area (Å²) in [6.07, 6.45) is 0.137. The summed E-state index contributed by atoms with van der Waals surface area (Å²) in [6, 6.07) is 8.99. The zero-order chi connectivity index (χ0) is 23.0. The van der Waals surface area contributed by atoms with Crippen molar-refractivity contribution in [2.45, 2.75) is 29.6 Å². The molecule has 0 aromatic heterocycles. The molecule has 0 radical (unpaired) electrons. The van der Waals surface area contributed by atoms with E-state index in [1.165, 1.54) is 25.8 Å². The average molecular weight is 467 g/mol. The van der Waals surface area contributed by atoms with Crippen LogP contribution in [-0.2, 0) is 16.0 Å². The standard InChI is InChI=1S/C22H27ClN2O5S/c1-14(26)30-21-15(6-10-20(27)28)5-9-18(29-4)22(21)31-19-13-16(23)7-8-17(19)24-11-12-25(2)3/h5,7-9,13,24H,6,10-12H2,1-4H3,(H,27,28). The van der Waals surface area contributed by atoms with Crippen molar-refractivity contribution in [3.8, 4) is 11.5 Å². The highest BCUT2D eigenvalue weighted by Crippen LogP contribution is 2.46. The first-order chi connectivity index (χ1) is 14.7. The minimum absolute atomic E-state index is 0.0841. The van der Waals surface area contributed by atoms with E-state index in [-0.39, 0.29) is 12.8 Å². The summed E-state index contributed by atoms with van der Waals surface area (Å²) in [4.78, 5) is 26.4. The third-order valence-corrected chi connectivity index (χ3v) is 5.65. The van der Waals surface area contributed by atoms with Gasteiger partial charge >= 0.3 is 11.9 Å². The lowest BCUT2D eigenvalue weighted by molar-refractivity contribution is -0.137. The zero-order valence-corrected chi connectivity index (χ0v) is 19.6. The molecule has 9 heteroatoms. The first-order valence-electron chi connectivity index (χ1n) is 9.67. The predicted molar refractivity (Wildman–Crippen MR) is 123 cm³/mol. The van der Waals surface area contributed by atoms with Crippen molar-refractivity contribution in [3.63, 3.8) is 0 Å². The van der Waals surface area contributed by atoms with E-state index in [4.69, 9.17) is 26.2 Å². The van der Waals surface area contributed by atoms with Crippen molar-refractivity contribution in [1.29, 1.82) is 0 Å². The Morgan fingerprint density at radius 1 is 1.23 bits per heavy atom. The number of nitrogens with one attached hydrogen (secondary N) is 1. The maximum absolute atomic E-state index is 11.8. The number of aliphatic carboxylic acids is 1. The van der Waals surface area contributed by atoms with E-state index >= 15 is 0 Å². The number of aryl methyl sites for hydroxylation is 1. The van der Waals surface area contributed by atoms with Crippen molar-refractivity contribution in [2.24, 2.45) is 0 Å². The van der Waals surface area contributed by atoms with Crippen LogP contribution in [0.5, 0.6) is 11.5 Å². The third kappa shape index (κ3) is 7.65. The van der Waals surface area contributed by atoms with Crippen LogP contribution in [0.1, 0.15) is 18.9 Å². The van der Waals surface area contributed by atoms with Gasteiger partial charge in [0.05, 0.1) is 12.0 Å². The molecule has 2 rings (SSSR count). The SMILES string of the molecule is COc1ccc(CCC(=O)O)c(OC(C)=O)c1Sc1cc(Cl)ccc1NCCN(C)C. The van der Waals surface area contributed by atoms with Crippen LogP contribution in [0.25, 0.3) is 0 Å². The maximum Gasteiger partial charge on any atom is 0.308 e. The van der Waals surface area contributed by atoms with Gasteiger partial charge in [0.1, 0.15) is 5.75 Å². The van der Waals surface area contributed by atoms with Gasteiger partial charge < -0.3 is 24.8 Å². The van der Waals surface area contributed by atoms with Gasteiger partial charge in [-0.1, -0.05) is 29.4 Å². The first kappa shape index (κ1) is 24.8. The van der Waals surface area contributed by atoms with Crippen LogP contribution in [0.2, 0.25) is 5.02 Å². The topological polar surface area (TPSA) is 88.1 Å². The molecule has 7 nitrogen and oxygen atoms in total. The molecule has 0 aliphatic heterocycles. The van der Waals surface area contributed by atoms with Gasteiger partial charge in [-0.05, 0) is 50.3 Å². The highest BCUT2D eigenvalue weighted by Gasteiger charge is 2.20. The van der Waals surface area contributed by atoms with Crippen LogP contribution in [0, 0.1) is 0 Å². The van der Waals surface area contributed by atoms with Gasteiger partial charge in [0.15, 0.2) is 5.75 Å². The number of benzene rings is 2. The summed E-state index contributed by atoms with van der Waals surface area (Å²) in [5, 5.41) is 13.0. The van der Waals surface area contributed by atoms with Gasteiger partial charge in [-0.25, -0.2) is 0 Å². The molecule has 0 saturated carbocycles. The molecule has 0 amide bonds. The zero-order valence-electron chi connectivity index (χ0n) is 18.0. The summed E-state index contributed by atoms with van der Waals surface area (Å²) < 4.78 is 11.0. The number of carboxylic acid groups (broad SMARTS) is 1. The number of anilines is 1. The number of hydrogen-bond donors (Lipinski definition) is 2. The Morgan fingerprint density at radius 3 is 2.58 bits per heavy atom. The second-order valence-corrected chi connectivity index (χ2v) is 8.53. The number of methoxy groups -OCH3 is 1. The number of carbonyl (C=O) groups excluding carboxylic acids is 1. The molecule has 0 bridgehead atoms. The van der Waals surface area contributed by atoms with Gasteiger partial charge in [-0.2, -0.15) is 0 Å². The van der Waals surface area contributed by atoms with Crippen molar-refractivity contribution in [3.05, 3.63) is 40.9 Å². The summed E-state index contributed by atoms with van der Waals surface area (Å²) in [6.45, 7) is 2.89. The smallest absolute Gasteiger partial charge is 0.308 e. The lowest BCUT2D eigenvalue weighted by Gasteiger charge is -2.19. The molecule has 0 fully saturated rings. The highest BCUT2D eigenvalue weighted by atomic mass is 35.5. The highest BCUT2D eigenvalue weighted by molar-refractivity contribution is 7.99. The second kappa shape index (κ2) is 11.8. The van der Waals surface area contributed by atoms with Gasteiger partial charge in [-0.15, -0.1) is 0 Å². The Bertz CT molecular complexity index is 936. The van der Waals surface area contributed by atoms with Crippen molar-refractivity contribution in [2.75, 3.05) is 39.6 Å². The summed E-state index contributed by atoms with van der Waals surface area (Å²) >= 11 is 7.60. The molecule has 168 valence electrons. The van der Waals surface area contributed by atoms with Crippen LogP contribution < -0.4 is 14.8 Å². The van der Waals surface area contributed by atoms with Crippen LogP contribution in [-0.4, -0.2) is 56.2 Å². The number of carboxylic acids is 1. The molecule has 31 heavy (non-hydrogen) atoms. The van der Waals surface area contributed by atoms with E-state index in [0.717, 1.165) is 23.7 Å². The van der Waals surface area contributed by atoms with E-state index in [9.17, 15) is 9.59 Å². The van der Waals surface area contributed by atoms with Crippen LogP contribution in [0.4, 0.5) is 5.69 Å². The fourth-order valence-electron chi connectivity index (χ4n) is 2.79. The number of hydrogen-bond acceptors (Lipinski definition) is 7. The third-order valence-electron chi connectivity index (χ3n) is 4.26. The second-order valence-electron chi connectivity index (χ2n) is 7.05. The lowest BCUT2D eigenvalue weighted by atomic mass is 10.1. The summed E-state index contributed by atoms with van der Waals surface area (Å²) in [5.74, 6) is -0.611. The molecule has 0 spiro atoms. The number of carbonyl (C=O) groups is 2. The molecule has 0 saturated heterocycles. The largest absolute Gasteiger partial charge is 0.495 e. The quantitative estimate of drug-likeness (QED) is 0.372. The molecular formula is C22H27ClN2O5S. The fraction of sp³-hybridized carbons (Fsp3) is 0.364. The fourth-order valence-corrected chi connectivity index (χ4v) is 4.20. The van der Waals surface area contributed by atoms with Gasteiger partial charge in [-0.3, -0.25) is 9.59 Å². The Morgan fingerprint density at radius 2 is 1.97 bits per heavy atom.